The van der Waals surface area contributed by atoms with Crippen molar-refractivity contribution in [1.29, 1.82) is 0 Å². The summed E-state index contributed by atoms with van der Waals surface area (Å²) in [5, 5.41) is 0. The molecule has 2 rings (SSSR count). The largest absolute Gasteiger partial charge is 0.311 e. The fraction of sp³-hybridized carbons (Fsp3) is 0.438. The molecular formula is C16H19NO. The van der Waals surface area contributed by atoms with Gasteiger partial charge in [0.05, 0.1) is 5.69 Å². The molecule has 0 radical (unpaired) electrons. The number of benzene rings is 1. The minimum absolute atomic E-state index is 0.0621. The molecule has 0 bridgehead atoms. The second-order valence-corrected chi connectivity index (χ2v) is 4.70. The summed E-state index contributed by atoms with van der Waals surface area (Å²) >= 11 is 0. The van der Waals surface area contributed by atoms with Gasteiger partial charge in [0.25, 0.3) is 0 Å². The lowest BCUT2D eigenvalue weighted by Gasteiger charge is -2.23. The van der Waals surface area contributed by atoms with Crippen molar-refractivity contribution >= 4 is 11.6 Å². The van der Waals surface area contributed by atoms with Gasteiger partial charge in [-0.25, -0.2) is 0 Å². The van der Waals surface area contributed by atoms with E-state index in [4.69, 9.17) is 6.42 Å². The number of rotatable bonds is 3. The van der Waals surface area contributed by atoms with Crippen molar-refractivity contribution in [2.75, 3.05) is 11.4 Å². The van der Waals surface area contributed by atoms with Gasteiger partial charge in [-0.1, -0.05) is 32.0 Å². The highest BCUT2D eigenvalue weighted by Crippen LogP contribution is 2.32. The number of hydrogen-bond acceptors (Lipinski definition) is 1. The van der Waals surface area contributed by atoms with Gasteiger partial charge in [0, 0.05) is 18.9 Å². The topological polar surface area (TPSA) is 20.3 Å². The van der Waals surface area contributed by atoms with Gasteiger partial charge in [-0.2, -0.15) is 0 Å². The van der Waals surface area contributed by atoms with Crippen molar-refractivity contribution < 1.29 is 4.79 Å². The quantitative estimate of drug-likeness (QED) is 0.745. The van der Waals surface area contributed by atoms with Crippen LogP contribution in [0.25, 0.3) is 0 Å². The molecule has 1 saturated heterocycles. The molecule has 0 aromatic heterocycles. The highest BCUT2D eigenvalue weighted by atomic mass is 16.2. The summed E-state index contributed by atoms with van der Waals surface area (Å²) in [4.78, 5) is 14.0. The number of carbonyl (C=O) groups excluding carboxylic acids is 1. The minimum atomic E-state index is 0.0621. The van der Waals surface area contributed by atoms with Crippen molar-refractivity contribution in [2.45, 2.75) is 33.1 Å². The molecule has 0 aliphatic carbocycles. The predicted octanol–water partition coefficient (Wildman–Crippen LogP) is 2.80. The average molecular weight is 241 g/mol. The third kappa shape index (κ3) is 2.13. The van der Waals surface area contributed by atoms with E-state index in [2.05, 4.69) is 38.0 Å². The molecule has 1 aliphatic heterocycles. The molecule has 0 N–H and O–H groups in total. The first-order valence-corrected chi connectivity index (χ1v) is 6.58. The minimum Gasteiger partial charge on any atom is -0.311 e. The fourth-order valence-corrected chi connectivity index (χ4v) is 2.60. The predicted molar refractivity (Wildman–Crippen MR) is 74.5 cm³/mol. The normalized spacial score (nSPS) is 19.1. The van der Waals surface area contributed by atoms with Gasteiger partial charge in [0.1, 0.15) is 0 Å². The smallest absolute Gasteiger partial charge is 0.228 e. The zero-order valence-electron chi connectivity index (χ0n) is 11.1. The number of aryl methyl sites for hydroxylation is 2. The number of amides is 1. The van der Waals surface area contributed by atoms with Crippen LogP contribution in [0.1, 0.15) is 31.4 Å². The molecule has 1 atom stereocenters. The maximum atomic E-state index is 12.1. The Bertz CT molecular complexity index is 476. The lowest BCUT2D eigenvalue weighted by molar-refractivity contribution is -0.117. The van der Waals surface area contributed by atoms with E-state index in [1.807, 2.05) is 4.90 Å². The SMILES string of the molecule is C#CC1CC(=O)N(c2c(CC)cccc2CC)C1. The van der Waals surface area contributed by atoms with Crippen LogP contribution in [0.2, 0.25) is 0 Å². The molecule has 1 aliphatic rings. The summed E-state index contributed by atoms with van der Waals surface area (Å²) in [6.45, 7) is 4.91. The summed E-state index contributed by atoms with van der Waals surface area (Å²) in [5.41, 5.74) is 3.57. The number of hydrogen-bond donors (Lipinski definition) is 0. The number of carbonyl (C=O) groups is 1. The second kappa shape index (κ2) is 5.27. The van der Waals surface area contributed by atoms with Crippen LogP contribution in [0.3, 0.4) is 0 Å². The van der Waals surface area contributed by atoms with E-state index in [0.29, 0.717) is 13.0 Å². The Hall–Kier alpha value is -1.75. The molecule has 1 amide bonds. The first-order valence-electron chi connectivity index (χ1n) is 6.58. The molecule has 18 heavy (non-hydrogen) atoms. The zero-order chi connectivity index (χ0) is 13.1. The van der Waals surface area contributed by atoms with E-state index in [-0.39, 0.29) is 11.8 Å². The highest BCUT2D eigenvalue weighted by molar-refractivity contribution is 5.97. The fourth-order valence-electron chi connectivity index (χ4n) is 2.60. The molecule has 1 fully saturated rings. The summed E-state index contributed by atoms with van der Waals surface area (Å²) in [5.74, 6) is 2.93. The first kappa shape index (κ1) is 12.7. The average Bonchev–Trinajstić information content (AvgIpc) is 2.78. The summed E-state index contributed by atoms with van der Waals surface area (Å²) < 4.78 is 0. The molecule has 1 aromatic carbocycles. The van der Waals surface area contributed by atoms with E-state index in [1.165, 1.54) is 11.1 Å². The zero-order valence-corrected chi connectivity index (χ0v) is 11.1. The Kier molecular flexibility index (Phi) is 3.72. The highest BCUT2D eigenvalue weighted by Gasteiger charge is 2.31. The second-order valence-electron chi connectivity index (χ2n) is 4.70. The third-order valence-corrected chi connectivity index (χ3v) is 3.60. The molecule has 0 spiro atoms. The standard InChI is InChI=1S/C16H19NO/c1-4-12-10-15(18)17(11-12)16-13(5-2)8-7-9-14(16)6-3/h1,7-9,12H,5-6,10-11H2,2-3H3. The molecule has 0 saturated carbocycles. The molecule has 1 aromatic rings. The van der Waals surface area contributed by atoms with E-state index < -0.39 is 0 Å². The lowest BCUT2D eigenvalue weighted by Crippen LogP contribution is -2.26. The summed E-state index contributed by atoms with van der Waals surface area (Å²) in [7, 11) is 0. The Balaban J connectivity index is 2.44. The third-order valence-electron chi connectivity index (χ3n) is 3.60. The van der Waals surface area contributed by atoms with Crippen molar-refractivity contribution in [3.63, 3.8) is 0 Å². The van der Waals surface area contributed by atoms with Gasteiger partial charge in [-0.3, -0.25) is 4.79 Å². The van der Waals surface area contributed by atoms with Gasteiger partial charge < -0.3 is 4.90 Å². The molecular weight excluding hydrogens is 222 g/mol. The van der Waals surface area contributed by atoms with Crippen molar-refractivity contribution in [1.82, 2.24) is 0 Å². The van der Waals surface area contributed by atoms with E-state index in [0.717, 1.165) is 18.5 Å². The number of anilines is 1. The van der Waals surface area contributed by atoms with Crippen LogP contribution < -0.4 is 4.90 Å². The molecule has 94 valence electrons. The number of nitrogens with zero attached hydrogens (tertiary/aromatic N) is 1. The van der Waals surface area contributed by atoms with Crippen LogP contribution in [-0.2, 0) is 17.6 Å². The van der Waals surface area contributed by atoms with Crippen LogP contribution >= 0.6 is 0 Å². The van der Waals surface area contributed by atoms with Crippen LogP contribution in [0.15, 0.2) is 18.2 Å². The number of terminal acetylenes is 1. The van der Waals surface area contributed by atoms with Crippen LogP contribution in [0, 0.1) is 18.3 Å². The van der Waals surface area contributed by atoms with Crippen molar-refractivity contribution in [3.05, 3.63) is 29.3 Å². The van der Waals surface area contributed by atoms with Gasteiger partial charge >= 0.3 is 0 Å². The molecule has 2 heteroatoms. The van der Waals surface area contributed by atoms with Gasteiger partial charge in [0.2, 0.25) is 5.91 Å². The van der Waals surface area contributed by atoms with Gasteiger partial charge in [0.15, 0.2) is 0 Å². The number of para-hydroxylation sites is 1. The molecule has 1 unspecified atom stereocenters. The Labute approximate surface area is 109 Å². The maximum Gasteiger partial charge on any atom is 0.228 e. The Morgan fingerprint density at radius 2 is 1.94 bits per heavy atom. The summed E-state index contributed by atoms with van der Waals surface area (Å²) in [6, 6.07) is 6.27. The van der Waals surface area contributed by atoms with E-state index >= 15 is 0 Å². The molecule has 1 heterocycles. The van der Waals surface area contributed by atoms with Crippen molar-refractivity contribution in [2.24, 2.45) is 5.92 Å². The van der Waals surface area contributed by atoms with E-state index in [9.17, 15) is 4.79 Å². The van der Waals surface area contributed by atoms with Gasteiger partial charge in [-0.15, -0.1) is 12.3 Å². The Morgan fingerprint density at radius 1 is 1.33 bits per heavy atom. The monoisotopic (exact) mass is 241 g/mol. The van der Waals surface area contributed by atoms with Crippen LogP contribution in [0.4, 0.5) is 5.69 Å². The maximum absolute atomic E-state index is 12.1. The summed E-state index contributed by atoms with van der Waals surface area (Å²) in [6.07, 6.45) is 7.81. The van der Waals surface area contributed by atoms with Crippen LogP contribution in [0.5, 0.6) is 0 Å². The first-order chi connectivity index (χ1) is 8.71. The van der Waals surface area contributed by atoms with Crippen molar-refractivity contribution in [3.8, 4) is 12.3 Å². The van der Waals surface area contributed by atoms with Gasteiger partial charge in [-0.05, 0) is 24.0 Å². The Morgan fingerprint density at radius 3 is 2.39 bits per heavy atom. The van der Waals surface area contributed by atoms with E-state index in [1.54, 1.807) is 0 Å². The lowest BCUT2D eigenvalue weighted by atomic mass is 10.0. The van der Waals surface area contributed by atoms with Crippen LogP contribution in [-0.4, -0.2) is 12.5 Å². The molecule has 2 nitrogen and oxygen atoms in total.